The number of amides is 1. The predicted molar refractivity (Wildman–Crippen MR) is 95.5 cm³/mol. The first-order valence-corrected chi connectivity index (χ1v) is 9.30. The molecule has 3 fully saturated rings. The number of ether oxygens (including phenoxy) is 1. The van der Waals surface area contributed by atoms with Crippen molar-refractivity contribution in [1.29, 1.82) is 0 Å². The zero-order valence-corrected chi connectivity index (χ0v) is 15.0. The Kier molecular flexibility index (Phi) is 5.49. The highest BCUT2D eigenvalue weighted by atomic mass is 16.7. The van der Waals surface area contributed by atoms with E-state index in [9.17, 15) is 4.79 Å². The summed E-state index contributed by atoms with van der Waals surface area (Å²) in [7, 11) is 0. The van der Waals surface area contributed by atoms with Crippen LogP contribution in [0.5, 0.6) is 0 Å². The Bertz CT molecular complexity index is 616. The minimum atomic E-state index is -0.331. The molecule has 1 aromatic carbocycles. The highest BCUT2D eigenvalue weighted by molar-refractivity contribution is 5.82. The first-order chi connectivity index (χ1) is 12.7. The van der Waals surface area contributed by atoms with Crippen molar-refractivity contribution >= 4 is 5.91 Å². The van der Waals surface area contributed by atoms with Gasteiger partial charge in [0, 0.05) is 32.6 Å². The quantitative estimate of drug-likeness (QED) is 0.562. The smallest absolute Gasteiger partial charge is 0.239 e. The molecule has 142 valence electrons. The molecule has 3 saturated heterocycles. The van der Waals surface area contributed by atoms with Gasteiger partial charge in [-0.2, -0.15) is 5.48 Å². The number of carbonyl (C=O) groups excluding carboxylic acids is 1. The molecule has 0 radical (unpaired) electrons. The fourth-order valence-corrected chi connectivity index (χ4v) is 3.70. The number of nitrogens with zero attached hydrogens (tertiary/aromatic N) is 1. The number of hydrogen-bond acceptors (Lipinski definition) is 7. The summed E-state index contributed by atoms with van der Waals surface area (Å²) >= 11 is 0. The first kappa shape index (κ1) is 17.8. The lowest BCUT2D eigenvalue weighted by Crippen LogP contribution is -2.47. The maximum atomic E-state index is 12.5. The molecule has 8 nitrogen and oxygen atoms in total. The van der Waals surface area contributed by atoms with Crippen molar-refractivity contribution in [2.75, 3.05) is 19.6 Å². The lowest BCUT2D eigenvalue weighted by atomic mass is 10.1. The van der Waals surface area contributed by atoms with Gasteiger partial charge in [-0.3, -0.25) is 20.4 Å². The van der Waals surface area contributed by atoms with Crippen molar-refractivity contribution in [3.63, 3.8) is 0 Å². The Morgan fingerprint density at radius 2 is 2.12 bits per heavy atom. The zero-order valence-electron chi connectivity index (χ0n) is 15.0. The van der Waals surface area contributed by atoms with Crippen molar-refractivity contribution < 1.29 is 14.4 Å². The third kappa shape index (κ3) is 4.22. The maximum absolute atomic E-state index is 12.5. The van der Waals surface area contributed by atoms with Gasteiger partial charge in [-0.15, -0.1) is 0 Å². The minimum absolute atomic E-state index is 0.00943. The molecule has 0 saturated carbocycles. The molecule has 0 aromatic heterocycles. The summed E-state index contributed by atoms with van der Waals surface area (Å²) in [5.74, 6) is -0.0140. The number of benzene rings is 1. The molecule has 4 rings (SSSR count). The van der Waals surface area contributed by atoms with E-state index in [1.807, 2.05) is 25.1 Å². The van der Waals surface area contributed by atoms with Gasteiger partial charge in [0.15, 0.2) is 0 Å². The summed E-state index contributed by atoms with van der Waals surface area (Å²) in [5, 5.41) is 8.48. The van der Waals surface area contributed by atoms with Crippen molar-refractivity contribution in [2.45, 2.75) is 50.4 Å². The SMILES string of the molecule is CC1NCC(C2CC(C(=O)NC3CNN(Cc4ccccc4)C3)NO2)O1. The van der Waals surface area contributed by atoms with Crippen LogP contribution in [0.1, 0.15) is 18.9 Å². The molecular formula is C18H27N5O3. The second kappa shape index (κ2) is 7.99. The summed E-state index contributed by atoms with van der Waals surface area (Å²) in [6.07, 6.45) is 0.555. The molecule has 0 bridgehead atoms. The number of hydrazine groups is 1. The molecule has 3 heterocycles. The first-order valence-electron chi connectivity index (χ1n) is 9.30. The van der Waals surface area contributed by atoms with Crippen LogP contribution in [0.3, 0.4) is 0 Å². The van der Waals surface area contributed by atoms with Gasteiger partial charge in [0.25, 0.3) is 0 Å². The van der Waals surface area contributed by atoms with E-state index in [4.69, 9.17) is 9.57 Å². The molecule has 1 aromatic rings. The van der Waals surface area contributed by atoms with E-state index in [1.165, 1.54) is 5.56 Å². The van der Waals surface area contributed by atoms with Crippen LogP contribution in [0.4, 0.5) is 0 Å². The molecule has 8 heteroatoms. The molecule has 3 aliphatic heterocycles. The van der Waals surface area contributed by atoms with Crippen molar-refractivity contribution in [1.82, 2.24) is 26.5 Å². The fourth-order valence-electron chi connectivity index (χ4n) is 3.70. The zero-order chi connectivity index (χ0) is 17.9. The van der Waals surface area contributed by atoms with Crippen LogP contribution in [0.25, 0.3) is 0 Å². The van der Waals surface area contributed by atoms with Crippen molar-refractivity contribution in [3.05, 3.63) is 35.9 Å². The molecule has 26 heavy (non-hydrogen) atoms. The highest BCUT2D eigenvalue weighted by Crippen LogP contribution is 2.20. The van der Waals surface area contributed by atoms with Gasteiger partial charge in [-0.25, -0.2) is 5.01 Å². The number of rotatable bonds is 5. The molecule has 1 amide bonds. The van der Waals surface area contributed by atoms with Gasteiger partial charge in [-0.1, -0.05) is 30.3 Å². The fraction of sp³-hybridized carbons (Fsp3) is 0.611. The van der Waals surface area contributed by atoms with Crippen molar-refractivity contribution in [2.24, 2.45) is 0 Å². The lowest BCUT2D eigenvalue weighted by molar-refractivity contribution is -0.125. The van der Waals surface area contributed by atoms with Crippen LogP contribution < -0.4 is 21.5 Å². The number of hydrogen-bond donors (Lipinski definition) is 4. The maximum Gasteiger partial charge on any atom is 0.239 e. The van der Waals surface area contributed by atoms with Gasteiger partial charge in [0.1, 0.15) is 24.5 Å². The molecule has 0 spiro atoms. The summed E-state index contributed by atoms with van der Waals surface area (Å²) in [6.45, 7) is 5.07. The normalized spacial score (nSPS) is 35.0. The van der Waals surface area contributed by atoms with Gasteiger partial charge in [0.2, 0.25) is 5.91 Å². The number of nitrogens with one attached hydrogen (secondary N) is 4. The molecule has 0 aliphatic carbocycles. The summed E-state index contributed by atoms with van der Waals surface area (Å²) in [6, 6.07) is 10.1. The number of carbonyl (C=O) groups is 1. The second-order valence-corrected chi connectivity index (χ2v) is 7.22. The van der Waals surface area contributed by atoms with Gasteiger partial charge >= 0.3 is 0 Å². The Morgan fingerprint density at radius 3 is 2.88 bits per heavy atom. The van der Waals surface area contributed by atoms with Gasteiger partial charge in [0.05, 0.1) is 6.04 Å². The molecule has 3 aliphatic rings. The lowest BCUT2D eigenvalue weighted by Gasteiger charge is -2.17. The summed E-state index contributed by atoms with van der Waals surface area (Å²) < 4.78 is 5.75. The van der Waals surface area contributed by atoms with E-state index in [0.717, 1.165) is 26.2 Å². The summed E-state index contributed by atoms with van der Waals surface area (Å²) in [4.78, 5) is 18.1. The Labute approximate surface area is 153 Å². The average molecular weight is 361 g/mol. The third-order valence-electron chi connectivity index (χ3n) is 5.11. The van der Waals surface area contributed by atoms with E-state index >= 15 is 0 Å². The molecule has 5 unspecified atom stereocenters. The monoisotopic (exact) mass is 361 g/mol. The topological polar surface area (TPSA) is 86.9 Å². The van der Waals surface area contributed by atoms with Crippen LogP contribution in [-0.2, 0) is 20.9 Å². The largest absolute Gasteiger partial charge is 0.356 e. The van der Waals surface area contributed by atoms with Gasteiger partial charge < -0.3 is 10.1 Å². The standard InChI is InChI=1S/C18H27N5O3/c1-12-19-9-17(25-12)16-7-15(22-26-16)18(24)21-14-8-20-23(11-14)10-13-5-3-2-4-6-13/h2-6,12,14-17,19-20,22H,7-11H2,1H3,(H,21,24). The van der Waals surface area contributed by atoms with Crippen LogP contribution in [0, 0.1) is 0 Å². The highest BCUT2D eigenvalue weighted by Gasteiger charge is 2.39. The second-order valence-electron chi connectivity index (χ2n) is 7.22. The van der Waals surface area contributed by atoms with E-state index in [-0.39, 0.29) is 36.4 Å². The summed E-state index contributed by atoms with van der Waals surface area (Å²) in [5.41, 5.74) is 7.47. The number of hydroxylamine groups is 1. The average Bonchev–Trinajstić information content (AvgIpc) is 3.37. The molecule has 5 atom stereocenters. The van der Waals surface area contributed by atoms with Crippen molar-refractivity contribution in [3.8, 4) is 0 Å². The predicted octanol–water partition coefficient (Wildman–Crippen LogP) is -0.512. The van der Waals surface area contributed by atoms with E-state index < -0.39 is 0 Å². The van der Waals surface area contributed by atoms with Crippen LogP contribution in [0.15, 0.2) is 30.3 Å². The van der Waals surface area contributed by atoms with Crippen LogP contribution in [0.2, 0.25) is 0 Å². The Morgan fingerprint density at radius 1 is 1.27 bits per heavy atom. The Balaban J connectivity index is 1.22. The third-order valence-corrected chi connectivity index (χ3v) is 5.11. The van der Waals surface area contributed by atoms with Crippen LogP contribution in [-0.4, -0.2) is 61.1 Å². The Hall–Kier alpha value is -1.55. The van der Waals surface area contributed by atoms with E-state index in [0.29, 0.717) is 6.42 Å². The van der Waals surface area contributed by atoms with Gasteiger partial charge in [-0.05, 0) is 12.5 Å². The molecule has 4 N–H and O–H groups in total. The van der Waals surface area contributed by atoms with E-state index in [2.05, 4.69) is 38.7 Å². The molecular weight excluding hydrogens is 334 g/mol. The minimum Gasteiger partial charge on any atom is -0.356 e. The van der Waals surface area contributed by atoms with E-state index in [1.54, 1.807) is 0 Å². The van der Waals surface area contributed by atoms with Crippen LogP contribution >= 0.6 is 0 Å².